The number of carbonyl (C=O) groups is 1. The Morgan fingerprint density at radius 1 is 1.18 bits per heavy atom. The number of hydrogen-bond donors (Lipinski definition) is 1. The lowest BCUT2D eigenvalue weighted by Crippen LogP contribution is -2.32. The van der Waals surface area contributed by atoms with Gasteiger partial charge >= 0.3 is 0 Å². The van der Waals surface area contributed by atoms with Crippen LogP contribution in [0.1, 0.15) is 23.0 Å². The van der Waals surface area contributed by atoms with Gasteiger partial charge in [0, 0.05) is 31.4 Å². The second kappa shape index (κ2) is 7.27. The van der Waals surface area contributed by atoms with Crippen LogP contribution in [0.15, 0.2) is 36.5 Å². The highest BCUT2D eigenvalue weighted by atomic mass is 16.1. The minimum atomic E-state index is -0.0120. The van der Waals surface area contributed by atoms with Crippen LogP contribution in [0.25, 0.3) is 11.1 Å². The van der Waals surface area contributed by atoms with E-state index in [-0.39, 0.29) is 5.91 Å². The van der Waals surface area contributed by atoms with Crippen LogP contribution in [0.5, 0.6) is 0 Å². The predicted octanol–water partition coefficient (Wildman–Crippen LogP) is 2.77. The zero-order valence-corrected chi connectivity index (χ0v) is 13.9. The quantitative estimate of drug-likeness (QED) is 0.890. The smallest absolute Gasteiger partial charge is 0.267 e. The summed E-state index contributed by atoms with van der Waals surface area (Å²) in [7, 11) is 3.99. The SMILES string of the molecule is CCn1cc(-c2ccc(C)cc2)cc1C(=O)NCCN(C)C. The number of nitrogens with one attached hydrogen (secondary N) is 1. The molecule has 0 atom stereocenters. The first-order valence-corrected chi connectivity index (χ1v) is 7.71. The summed E-state index contributed by atoms with van der Waals surface area (Å²) in [6, 6.07) is 10.3. The fraction of sp³-hybridized carbons (Fsp3) is 0.389. The number of carbonyl (C=O) groups excluding carboxylic acids is 1. The molecule has 1 N–H and O–H groups in total. The first-order valence-electron chi connectivity index (χ1n) is 7.71. The molecule has 0 spiro atoms. The van der Waals surface area contributed by atoms with Gasteiger partial charge in [0.2, 0.25) is 0 Å². The molecule has 0 aliphatic rings. The molecule has 2 rings (SSSR count). The summed E-state index contributed by atoms with van der Waals surface area (Å²) in [5.41, 5.74) is 4.18. The summed E-state index contributed by atoms with van der Waals surface area (Å²) < 4.78 is 2.00. The number of nitrogens with zero attached hydrogens (tertiary/aromatic N) is 2. The number of likely N-dealkylation sites (N-methyl/N-ethyl adjacent to an activating group) is 1. The zero-order chi connectivity index (χ0) is 16.1. The number of aromatic nitrogens is 1. The third kappa shape index (κ3) is 3.98. The van der Waals surface area contributed by atoms with Gasteiger partial charge in [-0.2, -0.15) is 0 Å². The maximum Gasteiger partial charge on any atom is 0.267 e. The van der Waals surface area contributed by atoms with E-state index < -0.39 is 0 Å². The van der Waals surface area contributed by atoms with Crippen molar-refractivity contribution in [1.82, 2.24) is 14.8 Å². The second-order valence-corrected chi connectivity index (χ2v) is 5.83. The number of amides is 1. The molecule has 118 valence electrons. The van der Waals surface area contributed by atoms with E-state index in [9.17, 15) is 4.79 Å². The van der Waals surface area contributed by atoms with E-state index in [4.69, 9.17) is 0 Å². The molecule has 0 saturated heterocycles. The predicted molar refractivity (Wildman–Crippen MR) is 91.2 cm³/mol. The summed E-state index contributed by atoms with van der Waals surface area (Å²) in [4.78, 5) is 14.4. The van der Waals surface area contributed by atoms with Crippen molar-refractivity contribution in [2.75, 3.05) is 27.2 Å². The van der Waals surface area contributed by atoms with Crippen molar-refractivity contribution in [3.63, 3.8) is 0 Å². The number of benzene rings is 1. The number of rotatable bonds is 6. The first kappa shape index (κ1) is 16.3. The second-order valence-electron chi connectivity index (χ2n) is 5.83. The molecule has 4 nitrogen and oxygen atoms in total. The standard InChI is InChI=1S/C18H25N3O/c1-5-21-13-16(15-8-6-14(2)7-9-15)12-17(21)18(22)19-10-11-20(3)4/h6-9,12-13H,5,10-11H2,1-4H3,(H,19,22). The number of aryl methyl sites for hydroxylation is 2. The molecule has 1 heterocycles. The molecular formula is C18H25N3O. The van der Waals surface area contributed by atoms with Crippen molar-refractivity contribution in [1.29, 1.82) is 0 Å². The molecule has 1 aromatic heterocycles. The lowest BCUT2D eigenvalue weighted by molar-refractivity contribution is 0.0942. The minimum absolute atomic E-state index is 0.0120. The van der Waals surface area contributed by atoms with Crippen molar-refractivity contribution >= 4 is 5.91 Å². The fourth-order valence-corrected chi connectivity index (χ4v) is 2.35. The van der Waals surface area contributed by atoms with Gasteiger partial charge in [0.25, 0.3) is 5.91 Å². The largest absolute Gasteiger partial charge is 0.349 e. The summed E-state index contributed by atoms with van der Waals surface area (Å²) >= 11 is 0. The molecule has 0 bridgehead atoms. The summed E-state index contributed by atoms with van der Waals surface area (Å²) in [5, 5.41) is 2.98. The zero-order valence-electron chi connectivity index (χ0n) is 13.9. The van der Waals surface area contributed by atoms with E-state index in [1.807, 2.05) is 30.9 Å². The van der Waals surface area contributed by atoms with Gasteiger partial charge in [0.15, 0.2) is 0 Å². The van der Waals surface area contributed by atoms with Crippen molar-refractivity contribution in [3.05, 3.63) is 47.8 Å². The monoisotopic (exact) mass is 299 g/mol. The summed E-state index contributed by atoms with van der Waals surface area (Å²) in [6.45, 7) is 6.40. The molecule has 1 amide bonds. The average molecular weight is 299 g/mol. The molecule has 4 heteroatoms. The molecule has 0 fully saturated rings. The Morgan fingerprint density at radius 2 is 1.86 bits per heavy atom. The summed E-state index contributed by atoms with van der Waals surface area (Å²) in [6.07, 6.45) is 2.05. The van der Waals surface area contributed by atoms with Gasteiger partial charge in [-0.15, -0.1) is 0 Å². The molecule has 0 saturated carbocycles. The number of hydrogen-bond acceptors (Lipinski definition) is 2. The Kier molecular flexibility index (Phi) is 5.39. The molecule has 0 aliphatic carbocycles. The lowest BCUT2D eigenvalue weighted by Gasteiger charge is -2.11. The highest BCUT2D eigenvalue weighted by Crippen LogP contribution is 2.22. The van der Waals surface area contributed by atoms with Crippen LogP contribution >= 0.6 is 0 Å². The molecule has 0 radical (unpaired) electrons. The lowest BCUT2D eigenvalue weighted by atomic mass is 10.1. The van der Waals surface area contributed by atoms with Gasteiger partial charge in [0.1, 0.15) is 5.69 Å². The van der Waals surface area contributed by atoms with Gasteiger partial charge < -0.3 is 14.8 Å². The van der Waals surface area contributed by atoms with Gasteiger partial charge in [-0.05, 0) is 39.6 Å². The minimum Gasteiger partial charge on any atom is -0.349 e. The van der Waals surface area contributed by atoms with Gasteiger partial charge in [0.05, 0.1) is 0 Å². The Balaban J connectivity index is 2.17. The highest BCUT2D eigenvalue weighted by molar-refractivity contribution is 5.94. The van der Waals surface area contributed by atoms with E-state index in [1.165, 1.54) is 5.56 Å². The van der Waals surface area contributed by atoms with Gasteiger partial charge in [-0.25, -0.2) is 0 Å². The van der Waals surface area contributed by atoms with Crippen LogP contribution in [0.2, 0.25) is 0 Å². The van der Waals surface area contributed by atoms with Crippen molar-refractivity contribution in [3.8, 4) is 11.1 Å². The van der Waals surface area contributed by atoms with E-state index in [1.54, 1.807) is 0 Å². The Bertz CT molecular complexity index is 626. The van der Waals surface area contributed by atoms with E-state index in [0.717, 1.165) is 29.9 Å². The van der Waals surface area contributed by atoms with Crippen LogP contribution in [-0.4, -0.2) is 42.6 Å². The Morgan fingerprint density at radius 3 is 2.45 bits per heavy atom. The third-order valence-corrected chi connectivity index (χ3v) is 3.70. The molecule has 2 aromatic rings. The van der Waals surface area contributed by atoms with Gasteiger partial charge in [-0.1, -0.05) is 29.8 Å². The maximum absolute atomic E-state index is 12.4. The van der Waals surface area contributed by atoms with Crippen LogP contribution < -0.4 is 5.32 Å². The van der Waals surface area contributed by atoms with Crippen LogP contribution in [0.3, 0.4) is 0 Å². The summed E-state index contributed by atoms with van der Waals surface area (Å²) in [5.74, 6) is -0.0120. The van der Waals surface area contributed by atoms with Crippen molar-refractivity contribution in [2.45, 2.75) is 20.4 Å². The van der Waals surface area contributed by atoms with Crippen LogP contribution in [0, 0.1) is 6.92 Å². The first-order chi connectivity index (χ1) is 10.5. The van der Waals surface area contributed by atoms with Crippen molar-refractivity contribution in [2.24, 2.45) is 0 Å². The van der Waals surface area contributed by atoms with Crippen LogP contribution in [0.4, 0.5) is 0 Å². The van der Waals surface area contributed by atoms with E-state index in [0.29, 0.717) is 6.54 Å². The third-order valence-electron chi connectivity index (χ3n) is 3.70. The Hall–Kier alpha value is -2.07. The van der Waals surface area contributed by atoms with Crippen molar-refractivity contribution < 1.29 is 4.79 Å². The normalized spacial score (nSPS) is 11.0. The Labute approximate surface area is 132 Å². The molecule has 0 aliphatic heterocycles. The molecule has 1 aromatic carbocycles. The van der Waals surface area contributed by atoms with Crippen LogP contribution in [-0.2, 0) is 6.54 Å². The van der Waals surface area contributed by atoms with E-state index in [2.05, 4.69) is 48.3 Å². The highest BCUT2D eigenvalue weighted by Gasteiger charge is 2.13. The maximum atomic E-state index is 12.4. The topological polar surface area (TPSA) is 37.3 Å². The average Bonchev–Trinajstić information content (AvgIpc) is 2.91. The molecule has 22 heavy (non-hydrogen) atoms. The molecule has 0 unspecified atom stereocenters. The molecular weight excluding hydrogens is 274 g/mol. The van der Waals surface area contributed by atoms with Gasteiger partial charge in [-0.3, -0.25) is 4.79 Å². The fourth-order valence-electron chi connectivity index (χ4n) is 2.35. The van der Waals surface area contributed by atoms with E-state index >= 15 is 0 Å².